The van der Waals surface area contributed by atoms with E-state index in [1.165, 1.54) is 18.2 Å². The average Bonchev–Trinajstić information content (AvgIpc) is 2.71. The number of amides is 1. The second kappa shape index (κ2) is 5.41. The molecule has 2 rings (SSSR count). The molecule has 1 saturated heterocycles. The second-order valence-corrected chi connectivity index (χ2v) is 7.25. The first-order valence-corrected chi connectivity index (χ1v) is 8.02. The van der Waals surface area contributed by atoms with E-state index in [0.717, 1.165) is 0 Å². The SMILES string of the molecule is O=C(O)c1cc(Cl)ccc1NC(=O)C1CCS(=O)(=O)C1. The van der Waals surface area contributed by atoms with Crippen LogP contribution in [-0.4, -0.2) is 36.9 Å². The number of hydrogen-bond acceptors (Lipinski definition) is 4. The maximum absolute atomic E-state index is 12.0. The highest BCUT2D eigenvalue weighted by atomic mass is 35.5. The number of carboxylic acid groups (broad SMARTS) is 1. The highest BCUT2D eigenvalue weighted by Crippen LogP contribution is 2.24. The molecule has 1 aliphatic rings. The van der Waals surface area contributed by atoms with Crippen LogP contribution >= 0.6 is 11.6 Å². The van der Waals surface area contributed by atoms with Crippen molar-refractivity contribution in [3.05, 3.63) is 28.8 Å². The van der Waals surface area contributed by atoms with E-state index in [1.54, 1.807) is 0 Å². The molecule has 0 aliphatic carbocycles. The van der Waals surface area contributed by atoms with Crippen LogP contribution in [0, 0.1) is 5.92 Å². The van der Waals surface area contributed by atoms with Gasteiger partial charge in [0, 0.05) is 5.02 Å². The zero-order valence-electron chi connectivity index (χ0n) is 10.3. The number of benzene rings is 1. The molecule has 1 aromatic rings. The number of nitrogens with one attached hydrogen (secondary N) is 1. The maximum atomic E-state index is 12.0. The largest absolute Gasteiger partial charge is 0.478 e. The molecule has 8 heteroatoms. The van der Waals surface area contributed by atoms with Gasteiger partial charge in [0.05, 0.1) is 28.7 Å². The average molecular weight is 318 g/mol. The normalized spacial score (nSPS) is 20.6. The van der Waals surface area contributed by atoms with Gasteiger partial charge >= 0.3 is 5.97 Å². The van der Waals surface area contributed by atoms with Crippen LogP contribution in [0.1, 0.15) is 16.8 Å². The molecule has 20 heavy (non-hydrogen) atoms. The lowest BCUT2D eigenvalue weighted by atomic mass is 10.1. The topological polar surface area (TPSA) is 101 Å². The van der Waals surface area contributed by atoms with E-state index in [2.05, 4.69) is 5.32 Å². The lowest BCUT2D eigenvalue weighted by Gasteiger charge is -2.11. The van der Waals surface area contributed by atoms with Crippen molar-refractivity contribution in [2.24, 2.45) is 5.92 Å². The first-order valence-electron chi connectivity index (χ1n) is 5.82. The van der Waals surface area contributed by atoms with Gasteiger partial charge in [0.1, 0.15) is 0 Å². The number of aromatic carboxylic acids is 1. The van der Waals surface area contributed by atoms with E-state index < -0.39 is 27.6 Å². The second-order valence-electron chi connectivity index (χ2n) is 4.58. The number of anilines is 1. The minimum absolute atomic E-state index is 0.0164. The number of carbonyl (C=O) groups excluding carboxylic acids is 1. The summed E-state index contributed by atoms with van der Waals surface area (Å²) >= 11 is 5.71. The van der Waals surface area contributed by atoms with Crippen molar-refractivity contribution in [2.45, 2.75) is 6.42 Å². The standard InChI is InChI=1S/C12H12ClNO5S/c13-8-1-2-10(9(5-8)12(16)17)14-11(15)7-3-4-20(18,19)6-7/h1-2,5,7H,3-4,6H2,(H,14,15)(H,16,17). The van der Waals surface area contributed by atoms with E-state index in [0.29, 0.717) is 0 Å². The van der Waals surface area contributed by atoms with Gasteiger partial charge in [-0.2, -0.15) is 0 Å². The van der Waals surface area contributed by atoms with Crippen molar-refractivity contribution in [3.63, 3.8) is 0 Å². The molecular weight excluding hydrogens is 306 g/mol. The van der Waals surface area contributed by atoms with Gasteiger partial charge in [-0.25, -0.2) is 13.2 Å². The van der Waals surface area contributed by atoms with Gasteiger partial charge in [0.2, 0.25) is 5.91 Å². The van der Waals surface area contributed by atoms with E-state index in [4.69, 9.17) is 16.7 Å². The minimum Gasteiger partial charge on any atom is -0.478 e. The number of carbonyl (C=O) groups is 2. The monoisotopic (exact) mass is 317 g/mol. The van der Waals surface area contributed by atoms with Crippen LogP contribution in [0.3, 0.4) is 0 Å². The molecule has 108 valence electrons. The predicted octanol–water partition coefficient (Wildman–Crippen LogP) is 1.41. The van der Waals surface area contributed by atoms with Gasteiger partial charge in [-0.05, 0) is 24.6 Å². The Bertz CT molecular complexity index is 670. The molecule has 0 saturated carbocycles. The third kappa shape index (κ3) is 3.29. The van der Waals surface area contributed by atoms with Gasteiger partial charge in [-0.15, -0.1) is 0 Å². The van der Waals surface area contributed by atoms with Crippen molar-refractivity contribution < 1.29 is 23.1 Å². The Kier molecular flexibility index (Phi) is 4.01. The Hall–Kier alpha value is -1.60. The first kappa shape index (κ1) is 14.8. The van der Waals surface area contributed by atoms with E-state index in [9.17, 15) is 18.0 Å². The molecule has 1 fully saturated rings. The van der Waals surface area contributed by atoms with Crippen LogP contribution in [0.25, 0.3) is 0 Å². The third-order valence-electron chi connectivity index (χ3n) is 3.07. The van der Waals surface area contributed by atoms with Crippen molar-refractivity contribution in [2.75, 3.05) is 16.8 Å². The maximum Gasteiger partial charge on any atom is 0.337 e. The molecule has 1 aromatic carbocycles. The summed E-state index contributed by atoms with van der Waals surface area (Å²) in [6, 6.07) is 4.06. The molecule has 1 heterocycles. The first-order chi connectivity index (χ1) is 9.28. The summed E-state index contributed by atoms with van der Waals surface area (Å²) < 4.78 is 22.7. The summed E-state index contributed by atoms with van der Waals surface area (Å²) in [5, 5.41) is 11.7. The van der Waals surface area contributed by atoms with E-state index >= 15 is 0 Å². The number of rotatable bonds is 3. The highest BCUT2D eigenvalue weighted by Gasteiger charge is 2.33. The molecular formula is C12H12ClNO5S. The van der Waals surface area contributed by atoms with Crippen LogP contribution in [0.15, 0.2) is 18.2 Å². The summed E-state index contributed by atoms with van der Waals surface area (Å²) in [5.74, 6) is -2.57. The fraction of sp³-hybridized carbons (Fsp3) is 0.333. The van der Waals surface area contributed by atoms with Gasteiger partial charge in [-0.1, -0.05) is 11.6 Å². The molecule has 0 spiro atoms. The molecule has 0 radical (unpaired) electrons. The summed E-state index contributed by atoms with van der Waals surface area (Å²) in [7, 11) is -3.16. The van der Waals surface area contributed by atoms with Crippen LogP contribution < -0.4 is 5.32 Å². The molecule has 2 N–H and O–H groups in total. The molecule has 1 amide bonds. The smallest absolute Gasteiger partial charge is 0.337 e. The van der Waals surface area contributed by atoms with Crippen LogP contribution in [0.5, 0.6) is 0 Å². The van der Waals surface area contributed by atoms with Crippen molar-refractivity contribution in [1.29, 1.82) is 0 Å². The summed E-state index contributed by atoms with van der Waals surface area (Å²) in [5.41, 5.74) is -0.0251. The van der Waals surface area contributed by atoms with E-state index in [-0.39, 0.29) is 34.2 Å². The van der Waals surface area contributed by atoms with Crippen molar-refractivity contribution >= 4 is 39.0 Å². The summed E-state index contributed by atoms with van der Waals surface area (Å²) in [4.78, 5) is 23.0. The zero-order valence-corrected chi connectivity index (χ0v) is 11.9. The van der Waals surface area contributed by atoms with Crippen LogP contribution in [-0.2, 0) is 14.6 Å². The predicted molar refractivity (Wildman–Crippen MR) is 73.8 cm³/mol. The molecule has 1 atom stereocenters. The van der Waals surface area contributed by atoms with Gasteiger partial charge in [0.15, 0.2) is 9.84 Å². The Labute approximate surface area is 120 Å². The Morgan fingerprint density at radius 2 is 2.05 bits per heavy atom. The Morgan fingerprint density at radius 3 is 2.60 bits per heavy atom. The van der Waals surface area contributed by atoms with Crippen LogP contribution in [0.2, 0.25) is 5.02 Å². The third-order valence-corrected chi connectivity index (χ3v) is 5.08. The lowest BCUT2D eigenvalue weighted by Crippen LogP contribution is -2.24. The quantitative estimate of drug-likeness (QED) is 0.878. The van der Waals surface area contributed by atoms with Gasteiger partial charge in [-0.3, -0.25) is 4.79 Å². The summed E-state index contributed by atoms with van der Waals surface area (Å²) in [6.07, 6.45) is 0.254. The number of carboxylic acids is 1. The molecule has 0 aromatic heterocycles. The number of hydrogen-bond donors (Lipinski definition) is 2. The van der Waals surface area contributed by atoms with Gasteiger partial charge < -0.3 is 10.4 Å². The number of halogens is 1. The summed E-state index contributed by atoms with van der Waals surface area (Å²) in [6.45, 7) is 0. The van der Waals surface area contributed by atoms with Crippen molar-refractivity contribution in [1.82, 2.24) is 0 Å². The molecule has 6 nitrogen and oxygen atoms in total. The fourth-order valence-electron chi connectivity index (χ4n) is 2.04. The fourth-order valence-corrected chi connectivity index (χ4v) is 3.95. The zero-order chi connectivity index (χ0) is 14.9. The molecule has 0 bridgehead atoms. The van der Waals surface area contributed by atoms with Crippen molar-refractivity contribution in [3.8, 4) is 0 Å². The minimum atomic E-state index is -3.16. The highest BCUT2D eigenvalue weighted by molar-refractivity contribution is 7.91. The van der Waals surface area contributed by atoms with Gasteiger partial charge in [0.25, 0.3) is 0 Å². The molecule has 1 unspecified atom stereocenters. The van der Waals surface area contributed by atoms with Crippen LogP contribution in [0.4, 0.5) is 5.69 Å². The molecule has 1 aliphatic heterocycles. The Balaban J connectivity index is 2.18. The lowest BCUT2D eigenvalue weighted by molar-refractivity contribution is -0.119. The number of sulfone groups is 1. The van der Waals surface area contributed by atoms with E-state index in [1.807, 2.05) is 0 Å². The Morgan fingerprint density at radius 1 is 1.35 bits per heavy atom.